The highest BCUT2D eigenvalue weighted by Crippen LogP contribution is 2.28. The third-order valence-electron chi connectivity index (χ3n) is 6.42. The van der Waals surface area contributed by atoms with Crippen LogP contribution in [0.4, 0.5) is 4.39 Å². The van der Waals surface area contributed by atoms with Gasteiger partial charge in [-0.2, -0.15) is 5.10 Å². The first-order chi connectivity index (χ1) is 16.7. The Labute approximate surface area is 198 Å². The fourth-order valence-corrected chi connectivity index (χ4v) is 4.67. The summed E-state index contributed by atoms with van der Waals surface area (Å²) in [6.07, 6.45) is 6.01. The van der Waals surface area contributed by atoms with E-state index in [2.05, 4.69) is 5.10 Å². The summed E-state index contributed by atoms with van der Waals surface area (Å²) < 4.78 is 15.9. The summed E-state index contributed by atoms with van der Waals surface area (Å²) in [5, 5.41) is 4.28. The molecule has 0 bridgehead atoms. The van der Waals surface area contributed by atoms with Crippen molar-refractivity contribution in [3.05, 3.63) is 119 Å². The summed E-state index contributed by atoms with van der Waals surface area (Å²) in [4.78, 5) is 20.3. The zero-order valence-electron chi connectivity index (χ0n) is 19.0. The van der Waals surface area contributed by atoms with Crippen LogP contribution in [0.2, 0.25) is 0 Å². The predicted octanol–water partition coefficient (Wildman–Crippen LogP) is 5.08. The molecule has 1 aliphatic heterocycles. The van der Waals surface area contributed by atoms with Gasteiger partial charge in [0.1, 0.15) is 5.82 Å². The standard InChI is InChI=1S/C28H27FN4O/c29-26-13-4-2-8-21(26)18-24-11-5-14-27(31-24)23-10-6-16-32(19-23)28(34)25-12-3-1-9-22(25)20-33-17-7-15-30-33/h1-5,7-9,11-15,17,23H,6,10,16,18-20H2/t23-/m1/s1. The highest BCUT2D eigenvalue weighted by molar-refractivity contribution is 5.95. The summed E-state index contributed by atoms with van der Waals surface area (Å²) in [6, 6.07) is 22.4. The van der Waals surface area contributed by atoms with E-state index in [0.29, 0.717) is 25.1 Å². The predicted molar refractivity (Wildman–Crippen MR) is 129 cm³/mol. The third-order valence-corrected chi connectivity index (χ3v) is 6.42. The molecule has 6 heteroatoms. The van der Waals surface area contributed by atoms with Crippen molar-refractivity contribution in [2.24, 2.45) is 0 Å². The molecule has 1 fully saturated rings. The fourth-order valence-electron chi connectivity index (χ4n) is 4.67. The number of pyridine rings is 1. The highest BCUT2D eigenvalue weighted by atomic mass is 19.1. The van der Waals surface area contributed by atoms with Crippen LogP contribution in [0.1, 0.15) is 51.6 Å². The molecule has 2 aromatic carbocycles. The second-order valence-corrected chi connectivity index (χ2v) is 8.77. The van der Waals surface area contributed by atoms with Crippen LogP contribution in [0.5, 0.6) is 0 Å². The van der Waals surface area contributed by atoms with E-state index >= 15 is 0 Å². The molecular formula is C28H27FN4O. The Balaban J connectivity index is 1.32. The zero-order chi connectivity index (χ0) is 23.3. The Morgan fingerprint density at radius 3 is 2.62 bits per heavy atom. The smallest absolute Gasteiger partial charge is 0.254 e. The summed E-state index contributed by atoms with van der Waals surface area (Å²) in [5.74, 6) is 0.00411. The van der Waals surface area contributed by atoms with E-state index in [4.69, 9.17) is 4.98 Å². The van der Waals surface area contributed by atoms with E-state index in [-0.39, 0.29) is 17.6 Å². The zero-order valence-corrected chi connectivity index (χ0v) is 19.0. The summed E-state index contributed by atoms with van der Waals surface area (Å²) in [5.41, 5.74) is 4.14. The number of likely N-dealkylation sites (tertiary alicyclic amines) is 1. The van der Waals surface area contributed by atoms with Gasteiger partial charge < -0.3 is 4.90 Å². The topological polar surface area (TPSA) is 51.0 Å². The third kappa shape index (κ3) is 4.91. The van der Waals surface area contributed by atoms with Crippen LogP contribution in [0.25, 0.3) is 0 Å². The van der Waals surface area contributed by atoms with Gasteiger partial charge in [0.15, 0.2) is 0 Å². The van der Waals surface area contributed by atoms with Crippen molar-refractivity contribution < 1.29 is 9.18 Å². The van der Waals surface area contributed by atoms with Crippen LogP contribution < -0.4 is 0 Å². The molecule has 1 aliphatic rings. The average Bonchev–Trinajstić information content (AvgIpc) is 3.39. The van der Waals surface area contributed by atoms with Gasteiger partial charge in [-0.1, -0.05) is 42.5 Å². The van der Waals surface area contributed by atoms with Gasteiger partial charge in [-0.15, -0.1) is 0 Å². The highest BCUT2D eigenvalue weighted by Gasteiger charge is 2.27. The lowest BCUT2D eigenvalue weighted by Crippen LogP contribution is -2.39. The number of hydrogen-bond donors (Lipinski definition) is 0. The van der Waals surface area contributed by atoms with Gasteiger partial charge >= 0.3 is 0 Å². The van der Waals surface area contributed by atoms with Gasteiger partial charge in [0.05, 0.1) is 6.54 Å². The average molecular weight is 455 g/mol. The van der Waals surface area contributed by atoms with Gasteiger partial charge in [-0.25, -0.2) is 4.39 Å². The van der Waals surface area contributed by atoms with Crippen molar-refractivity contribution >= 4 is 5.91 Å². The largest absolute Gasteiger partial charge is 0.338 e. The molecule has 0 N–H and O–H groups in total. The number of hydrogen-bond acceptors (Lipinski definition) is 3. The first kappa shape index (κ1) is 22.0. The summed E-state index contributed by atoms with van der Waals surface area (Å²) in [7, 11) is 0. The second-order valence-electron chi connectivity index (χ2n) is 8.77. The number of aromatic nitrogens is 3. The molecular weight excluding hydrogens is 427 g/mol. The molecule has 0 saturated carbocycles. The number of carbonyl (C=O) groups is 1. The molecule has 1 saturated heterocycles. The van der Waals surface area contributed by atoms with E-state index in [9.17, 15) is 9.18 Å². The van der Waals surface area contributed by atoms with Crippen LogP contribution in [-0.4, -0.2) is 38.7 Å². The van der Waals surface area contributed by atoms with E-state index in [0.717, 1.165) is 41.9 Å². The van der Waals surface area contributed by atoms with Crippen molar-refractivity contribution in [1.29, 1.82) is 0 Å². The summed E-state index contributed by atoms with van der Waals surface area (Å²) in [6.45, 7) is 1.93. The Hall–Kier alpha value is -3.80. The van der Waals surface area contributed by atoms with Crippen LogP contribution in [0.15, 0.2) is 85.2 Å². The molecule has 3 heterocycles. The SMILES string of the molecule is O=C(c1ccccc1Cn1cccn1)N1CCC[C@@H](c2cccc(Cc3ccccc3F)n2)C1. The van der Waals surface area contributed by atoms with E-state index in [1.807, 2.05) is 70.4 Å². The van der Waals surface area contributed by atoms with Crippen molar-refractivity contribution in [1.82, 2.24) is 19.7 Å². The molecule has 1 amide bonds. The van der Waals surface area contributed by atoms with Gasteiger partial charge in [-0.3, -0.25) is 14.5 Å². The number of rotatable bonds is 6. The number of halogens is 1. The minimum Gasteiger partial charge on any atom is -0.338 e. The maximum absolute atomic E-state index is 14.1. The maximum atomic E-state index is 14.1. The molecule has 0 spiro atoms. The van der Waals surface area contributed by atoms with Gasteiger partial charge in [0.2, 0.25) is 0 Å². The van der Waals surface area contributed by atoms with E-state index in [1.165, 1.54) is 6.07 Å². The number of nitrogens with zero attached hydrogens (tertiary/aromatic N) is 4. The fraction of sp³-hybridized carbons (Fsp3) is 0.250. The lowest BCUT2D eigenvalue weighted by atomic mass is 9.93. The van der Waals surface area contributed by atoms with Crippen molar-refractivity contribution in [2.45, 2.75) is 31.7 Å². The normalized spacial score (nSPS) is 15.9. The van der Waals surface area contributed by atoms with Crippen molar-refractivity contribution in [2.75, 3.05) is 13.1 Å². The Bertz CT molecular complexity index is 1270. The lowest BCUT2D eigenvalue weighted by Gasteiger charge is -2.33. The molecule has 0 aliphatic carbocycles. The molecule has 5 rings (SSSR count). The molecule has 4 aromatic rings. The molecule has 1 atom stereocenters. The molecule has 172 valence electrons. The second kappa shape index (κ2) is 10.00. The molecule has 0 radical (unpaired) electrons. The van der Waals surface area contributed by atoms with E-state index < -0.39 is 0 Å². The first-order valence-corrected chi connectivity index (χ1v) is 11.7. The molecule has 34 heavy (non-hydrogen) atoms. The summed E-state index contributed by atoms with van der Waals surface area (Å²) >= 11 is 0. The number of carbonyl (C=O) groups excluding carboxylic acids is 1. The van der Waals surface area contributed by atoms with Gasteiger partial charge in [-0.05, 0) is 54.3 Å². The van der Waals surface area contributed by atoms with Gasteiger partial charge in [0, 0.05) is 54.8 Å². The minimum absolute atomic E-state index is 0.0509. The number of amides is 1. The molecule has 2 aromatic heterocycles. The van der Waals surface area contributed by atoms with Crippen LogP contribution in [0, 0.1) is 5.82 Å². The first-order valence-electron chi connectivity index (χ1n) is 11.7. The Morgan fingerprint density at radius 2 is 1.79 bits per heavy atom. The van der Waals surface area contributed by atoms with Crippen molar-refractivity contribution in [3.8, 4) is 0 Å². The Morgan fingerprint density at radius 1 is 0.971 bits per heavy atom. The molecule has 0 unspecified atom stereocenters. The minimum atomic E-state index is -0.210. The number of piperidine rings is 1. The Kier molecular flexibility index (Phi) is 6.47. The van der Waals surface area contributed by atoms with Crippen LogP contribution >= 0.6 is 0 Å². The van der Waals surface area contributed by atoms with E-state index in [1.54, 1.807) is 18.3 Å². The van der Waals surface area contributed by atoms with Crippen LogP contribution in [-0.2, 0) is 13.0 Å². The molecule has 5 nitrogen and oxygen atoms in total. The monoisotopic (exact) mass is 454 g/mol. The lowest BCUT2D eigenvalue weighted by molar-refractivity contribution is 0.0704. The van der Waals surface area contributed by atoms with Crippen molar-refractivity contribution in [3.63, 3.8) is 0 Å². The van der Waals surface area contributed by atoms with Gasteiger partial charge in [0.25, 0.3) is 5.91 Å². The number of benzene rings is 2. The maximum Gasteiger partial charge on any atom is 0.254 e. The quantitative estimate of drug-likeness (QED) is 0.408. The van der Waals surface area contributed by atoms with Crippen LogP contribution in [0.3, 0.4) is 0 Å².